The normalized spacial score (nSPS) is 12.6. The van der Waals surface area contributed by atoms with Crippen LogP contribution in [0.15, 0.2) is 48.5 Å². The quantitative estimate of drug-likeness (QED) is 0.868. The van der Waals surface area contributed by atoms with Crippen LogP contribution in [0.3, 0.4) is 0 Å². The molecule has 112 valence electrons. The summed E-state index contributed by atoms with van der Waals surface area (Å²) in [5.41, 5.74) is 10.0. The molecule has 0 aliphatic heterocycles. The molecular formula is C18H23ClN2. The zero-order valence-electron chi connectivity index (χ0n) is 12.7. The Morgan fingerprint density at radius 1 is 1.05 bits per heavy atom. The Hall–Kier alpha value is -1.35. The summed E-state index contributed by atoms with van der Waals surface area (Å²) in [6.45, 7) is 3.98. The second kappa shape index (κ2) is 7.60. The maximum Gasteiger partial charge on any atom is 0.0406 e. The van der Waals surface area contributed by atoms with Gasteiger partial charge in [-0.15, -0.1) is 0 Å². The van der Waals surface area contributed by atoms with Gasteiger partial charge in [-0.2, -0.15) is 0 Å². The van der Waals surface area contributed by atoms with Gasteiger partial charge >= 0.3 is 0 Å². The fourth-order valence-corrected chi connectivity index (χ4v) is 2.45. The highest BCUT2D eigenvalue weighted by Gasteiger charge is 2.08. The topological polar surface area (TPSA) is 29.3 Å². The van der Waals surface area contributed by atoms with Crippen molar-refractivity contribution in [2.45, 2.75) is 25.9 Å². The van der Waals surface area contributed by atoms with Crippen LogP contribution in [-0.2, 0) is 6.54 Å². The zero-order chi connectivity index (χ0) is 15.2. The van der Waals surface area contributed by atoms with Crippen LogP contribution in [0, 0.1) is 6.92 Å². The van der Waals surface area contributed by atoms with Crippen molar-refractivity contribution in [3.63, 3.8) is 0 Å². The Morgan fingerprint density at radius 3 is 2.29 bits per heavy atom. The second-order valence-corrected chi connectivity index (χ2v) is 6.11. The Labute approximate surface area is 132 Å². The third kappa shape index (κ3) is 5.16. The summed E-state index contributed by atoms with van der Waals surface area (Å²) in [5, 5.41) is 0.780. The highest BCUT2D eigenvalue weighted by Crippen LogP contribution is 2.16. The van der Waals surface area contributed by atoms with E-state index in [0.717, 1.165) is 24.5 Å². The summed E-state index contributed by atoms with van der Waals surface area (Å²) in [6.07, 6.45) is 0.952. The smallest absolute Gasteiger partial charge is 0.0406 e. The molecule has 0 heterocycles. The molecule has 1 unspecified atom stereocenters. The summed E-state index contributed by atoms with van der Waals surface area (Å²) in [6, 6.07) is 16.6. The fourth-order valence-electron chi connectivity index (χ4n) is 2.32. The number of rotatable bonds is 6. The molecule has 0 saturated heterocycles. The van der Waals surface area contributed by atoms with Gasteiger partial charge in [0, 0.05) is 17.6 Å². The van der Waals surface area contributed by atoms with Crippen LogP contribution < -0.4 is 5.73 Å². The lowest BCUT2D eigenvalue weighted by Gasteiger charge is -2.20. The molecule has 0 amide bonds. The van der Waals surface area contributed by atoms with Crippen molar-refractivity contribution in [1.29, 1.82) is 0 Å². The van der Waals surface area contributed by atoms with Crippen LogP contribution in [0.25, 0.3) is 0 Å². The van der Waals surface area contributed by atoms with Gasteiger partial charge in [0.1, 0.15) is 0 Å². The Morgan fingerprint density at radius 2 is 1.67 bits per heavy atom. The fraction of sp³-hybridized carbons (Fsp3) is 0.333. The van der Waals surface area contributed by atoms with Gasteiger partial charge in [0.25, 0.3) is 0 Å². The Bertz CT molecular complexity index is 548. The van der Waals surface area contributed by atoms with Crippen molar-refractivity contribution >= 4 is 11.6 Å². The van der Waals surface area contributed by atoms with Crippen LogP contribution in [-0.4, -0.2) is 18.5 Å². The standard InChI is InChI=1S/C18H23ClN2/c1-14-3-7-16(8-4-14)18(20)11-12-21(2)13-15-5-9-17(19)10-6-15/h3-10,18H,11-13,20H2,1-2H3. The van der Waals surface area contributed by atoms with Crippen LogP contribution in [0.5, 0.6) is 0 Å². The Balaban J connectivity index is 1.81. The van der Waals surface area contributed by atoms with E-state index in [4.69, 9.17) is 17.3 Å². The van der Waals surface area contributed by atoms with Gasteiger partial charge in [0.2, 0.25) is 0 Å². The first-order valence-electron chi connectivity index (χ1n) is 7.30. The number of hydrogen-bond donors (Lipinski definition) is 1. The summed E-state index contributed by atoms with van der Waals surface area (Å²) in [5.74, 6) is 0. The maximum atomic E-state index is 6.26. The van der Waals surface area contributed by atoms with E-state index in [2.05, 4.69) is 55.3 Å². The molecule has 0 aromatic heterocycles. The lowest BCUT2D eigenvalue weighted by Crippen LogP contribution is -2.23. The van der Waals surface area contributed by atoms with E-state index >= 15 is 0 Å². The number of aryl methyl sites for hydroxylation is 1. The molecule has 21 heavy (non-hydrogen) atoms. The van der Waals surface area contributed by atoms with Crippen molar-refractivity contribution in [2.75, 3.05) is 13.6 Å². The molecule has 1 atom stereocenters. The molecule has 0 spiro atoms. The van der Waals surface area contributed by atoms with Crippen molar-refractivity contribution < 1.29 is 0 Å². The van der Waals surface area contributed by atoms with Crippen LogP contribution in [0.1, 0.15) is 29.2 Å². The number of nitrogens with two attached hydrogens (primary N) is 1. The largest absolute Gasteiger partial charge is 0.324 e. The molecule has 0 bridgehead atoms. The molecule has 2 aromatic rings. The summed E-state index contributed by atoms with van der Waals surface area (Å²) < 4.78 is 0. The molecule has 2 aromatic carbocycles. The number of nitrogens with zero attached hydrogens (tertiary/aromatic N) is 1. The van der Waals surface area contributed by atoms with E-state index < -0.39 is 0 Å². The number of hydrogen-bond acceptors (Lipinski definition) is 2. The van der Waals surface area contributed by atoms with Crippen molar-refractivity contribution in [2.24, 2.45) is 5.73 Å². The molecular weight excluding hydrogens is 280 g/mol. The average molecular weight is 303 g/mol. The number of benzene rings is 2. The maximum absolute atomic E-state index is 6.26. The SMILES string of the molecule is Cc1ccc(C(N)CCN(C)Cc2ccc(Cl)cc2)cc1. The minimum absolute atomic E-state index is 0.0956. The van der Waals surface area contributed by atoms with Gasteiger partial charge < -0.3 is 10.6 Å². The van der Waals surface area contributed by atoms with Gasteiger partial charge in [0.15, 0.2) is 0 Å². The predicted molar refractivity (Wildman–Crippen MR) is 90.5 cm³/mol. The molecule has 2 nitrogen and oxygen atoms in total. The molecule has 0 aliphatic carbocycles. The van der Waals surface area contributed by atoms with E-state index in [0.29, 0.717) is 0 Å². The van der Waals surface area contributed by atoms with Gasteiger partial charge in [-0.05, 0) is 50.2 Å². The van der Waals surface area contributed by atoms with Crippen LogP contribution in [0.2, 0.25) is 5.02 Å². The molecule has 3 heteroatoms. The van der Waals surface area contributed by atoms with Crippen LogP contribution >= 0.6 is 11.6 Å². The highest BCUT2D eigenvalue weighted by molar-refractivity contribution is 6.30. The van der Waals surface area contributed by atoms with Crippen LogP contribution in [0.4, 0.5) is 0 Å². The molecule has 0 saturated carbocycles. The lowest BCUT2D eigenvalue weighted by atomic mass is 10.0. The van der Waals surface area contributed by atoms with E-state index in [-0.39, 0.29) is 6.04 Å². The highest BCUT2D eigenvalue weighted by atomic mass is 35.5. The van der Waals surface area contributed by atoms with E-state index in [1.807, 2.05) is 12.1 Å². The van der Waals surface area contributed by atoms with Crippen molar-refractivity contribution in [1.82, 2.24) is 4.90 Å². The minimum Gasteiger partial charge on any atom is -0.324 e. The summed E-state index contributed by atoms with van der Waals surface area (Å²) >= 11 is 5.90. The molecule has 0 aliphatic rings. The van der Waals surface area contributed by atoms with Gasteiger partial charge in [-0.1, -0.05) is 53.6 Å². The zero-order valence-corrected chi connectivity index (χ0v) is 13.5. The predicted octanol–water partition coefficient (Wildman–Crippen LogP) is 4.17. The van der Waals surface area contributed by atoms with Crippen molar-refractivity contribution in [3.8, 4) is 0 Å². The summed E-state index contributed by atoms with van der Waals surface area (Å²) in [4.78, 5) is 2.29. The molecule has 2 rings (SSSR count). The van der Waals surface area contributed by atoms with Gasteiger partial charge in [0.05, 0.1) is 0 Å². The lowest BCUT2D eigenvalue weighted by molar-refractivity contribution is 0.311. The Kier molecular flexibility index (Phi) is 5.80. The first-order valence-corrected chi connectivity index (χ1v) is 7.67. The third-order valence-corrected chi connectivity index (χ3v) is 3.95. The van der Waals surface area contributed by atoms with E-state index in [1.165, 1.54) is 16.7 Å². The molecule has 2 N–H and O–H groups in total. The summed E-state index contributed by atoms with van der Waals surface area (Å²) in [7, 11) is 2.12. The first kappa shape index (κ1) is 16.0. The van der Waals surface area contributed by atoms with Gasteiger partial charge in [-0.25, -0.2) is 0 Å². The van der Waals surface area contributed by atoms with E-state index in [1.54, 1.807) is 0 Å². The number of halogens is 1. The average Bonchev–Trinajstić information content (AvgIpc) is 2.48. The third-order valence-electron chi connectivity index (χ3n) is 3.69. The van der Waals surface area contributed by atoms with E-state index in [9.17, 15) is 0 Å². The molecule has 0 radical (unpaired) electrons. The minimum atomic E-state index is 0.0956. The monoisotopic (exact) mass is 302 g/mol. The van der Waals surface area contributed by atoms with Crippen molar-refractivity contribution in [3.05, 3.63) is 70.2 Å². The second-order valence-electron chi connectivity index (χ2n) is 5.67. The van der Waals surface area contributed by atoms with Gasteiger partial charge in [-0.3, -0.25) is 0 Å². The first-order chi connectivity index (χ1) is 10.0. The molecule has 0 fully saturated rings.